The van der Waals surface area contributed by atoms with Crippen molar-refractivity contribution >= 4 is 5.78 Å². The van der Waals surface area contributed by atoms with E-state index in [1.807, 2.05) is 18.2 Å². The maximum Gasteiger partial charge on any atom is 0.133 e. The molecule has 1 heterocycles. The molecular formula is C13H19NO. The van der Waals surface area contributed by atoms with Crippen molar-refractivity contribution in [3.63, 3.8) is 0 Å². The van der Waals surface area contributed by atoms with Crippen LogP contribution < -0.4 is 0 Å². The van der Waals surface area contributed by atoms with E-state index in [9.17, 15) is 4.79 Å². The first kappa shape index (κ1) is 11.9. The molecule has 0 unspecified atom stereocenters. The first-order valence-electron chi connectivity index (χ1n) is 5.60. The lowest BCUT2D eigenvalue weighted by atomic mass is 10.0. The number of pyridine rings is 1. The van der Waals surface area contributed by atoms with Crippen LogP contribution in [0.4, 0.5) is 0 Å². The first-order valence-corrected chi connectivity index (χ1v) is 5.60. The normalized spacial score (nSPS) is 10.6. The molecule has 1 aromatic heterocycles. The zero-order valence-electron chi connectivity index (χ0n) is 9.57. The fourth-order valence-corrected chi connectivity index (χ4v) is 1.39. The summed E-state index contributed by atoms with van der Waals surface area (Å²) < 4.78 is 0. The summed E-state index contributed by atoms with van der Waals surface area (Å²) in [6, 6.07) is 5.82. The van der Waals surface area contributed by atoms with Crippen LogP contribution in [0.15, 0.2) is 24.4 Å². The summed E-state index contributed by atoms with van der Waals surface area (Å²) in [5, 5.41) is 0. The van der Waals surface area contributed by atoms with E-state index >= 15 is 0 Å². The molecule has 1 rings (SSSR count). The second kappa shape index (κ2) is 6.33. The molecule has 0 amide bonds. The summed E-state index contributed by atoms with van der Waals surface area (Å²) >= 11 is 0. The monoisotopic (exact) mass is 205 g/mol. The maximum atomic E-state index is 11.5. The van der Waals surface area contributed by atoms with Crippen LogP contribution >= 0.6 is 0 Å². The summed E-state index contributed by atoms with van der Waals surface area (Å²) in [4.78, 5) is 15.7. The van der Waals surface area contributed by atoms with Crippen molar-refractivity contribution in [1.82, 2.24) is 4.98 Å². The van der Waals surface area contributed by atoms with Crippen molar-refractivity contribution in [1.29, 1.82) is 0 Å². The number of aromatic nitrogens is 1. The van der Waals surface area contributed by atoms with E-state index in [0.29, 0.717) is 24.5 Å². The fraction of sp³-hybridized carbons (Fsp3) is 0.538. The van der Waals surface area contributed by atoms with Gasteiger partial charge in [-0.2, -0.15) is 0 Å². The Morgan fingerprint density at radius 1 is 1.33 bits per heavy atom. The molecular weight excluding hydrogens is 186 g/mol. The van der Waals surface area contributed by atoms with Gasteiger partial charge in [0.2, 0.25) is 0 Å². The number of hydrogen-bond donors (Lipinski definition) is 0. The SMILES string of the molecule is CC(C)CCC(=O)CCc1ccccn1. The number of nitrogens with zero attached hydrogens (tertiary/aromatic N) is 1. The molecule has 2 nitrogen and oxygen atoms in total. The molecule has 0 aromatic carbocycles. The Balaban J connectivity index is 2.23. The van der Waals surface area contributed by atoms with E-state index in [1.165, 1.54) is 0 Å². The predicted octanol–water partition coefficient (Wildman–Crippen LogP) is 3.02. The minimum atomic E-state index is 0.356. The van der Waals surface area contributed by atoms with Gasteiger partial charge in [0.1, 0.15) is 5.78 Å². The summed E-state index contributed by atoms with van der Waals surface area (Å²) in [7, 11) is 0. The average molecular weight is 205 g/mol. The van der Waals surface area contributed by atoms with Gasteiger partial charge in [-0.1, -0.05) is 19.9 Å². The van der Waals surface area contributed by atoms with Gasteiger partial charge in [-0.25, -0.2) is 0 Å². The maximum absolute atomic E-state index is 11.5. The highest BCUT2D eigenvalue weighted by atomic mass is 16.1. The quantitative estimate of drug-likeness (QED) is 0.714. The Bertz CT molecular complexity index is 293. The number of hydrogen-bond acceptors (Lipinski definition) is 2. The number of rotatable bonds is 6. The average Bonchev–Trinajstić information content (AvgIpc) is 2.25. The topological polar surface area (TPSA) is 30.0 Å². The third-order valence-electron chi connectivity index (χ3n) is 2.39. The summed E-state index contributed by atoms with van der Waals surface area (Å²) in [5.74, 6) is 0.971. The third-order valence-corrected chi connectivity index (χ3v) is 2.39. The number of carbonyl (C=O) groups excluding carboxylic acids is 1. The molecule has 0 spiro atoms. The van der Waals surface area contributed by atoms with Gasteiger partial charge in [-0.05, 0) is 30.9 Å². The zero-order valence-corrected chi connectivity index (χ0v) is 9.57. The Kier molecular flexibility index (Phi) is 5.02. The lowest BCUT2D eigenvalue weighted by molar-refractivity contribution is -0.119. The molecule has 0 N–H and O–H groups in total. The van der Waals surface area contributed by atoms with Crippen LogP contribution in [0.3, 0.4) is 0 Å². The van der Waals surface area contributed by atoms with E-state index in [0.717, 1.165) is 18.5 Å². The van der Waals surface area contributed by atoms with E-state index in [1.54, 1.807) is 6.20 Å². The highest BCUT2D eigenvalue weighted by molar-refractivity contribution is 5.78. The molecule has 2 heteroatoms. The van der Waals surface area contributed by atoms with Gasteiger partial charge in [0, 0.05) is 24.7 Å². The van der Waals surface area contributed by atoms with Gasteiger partial charge in [0.05, 0.1) is 0 Å². The van der Waals surface area contributed by atoms with E-state index in [-0.39, 0.29) is 0 Å². The molecule has 0 fully saturated rings. The smallest absolute Gasteiger partial charge is 0.133 e. The lowest BCUT2D eigenvalue weighted by Crippen LogP contribution is -2.02. The summed E-state index contributed by atoms with van der Waals surface area (Å²) in [5.41, 5.74) is 1.01. The van der Waals surface area contributed by atoms with E-state index in [4.69, 9.17) is 0 Å². The molecule has 82 valence electrons. The number of ketones is 1. The Morgan fingerprint density at radius 3 is 2.73 bits per heavy atom. The van der Waals surface area contributed by atoms with Crippen molar-refractivity contribution < 1.29 is 4.79 Å². The largest absolute Gasteiger partial charge is 0.300 e. The highest BCUT2D eigenvalue weighted by Crippen LogP contribution is 2.07. The molecule has 0 aliphatic heterocycles. The van der Waals surface area contributed by atoms with Crippen LogP contribution in [-0.4, -0.2) is 10.8 Å². The van der Waals surface area contributed by atoms with Crippen molar-refractivity contribution in [2.45, 2.75) is 39.5 Å². The number of aryl methyl sites for hydroxylation is 1. The van der Waals surface area contributed by atoms with Crippen molar-refractivity contribution in [2.75, 3.05) is 0 Å². The number of Topliss-reactive ketones (excluding diaryl/α,β-unsaturated/α-hetero) is 1. The molecule has 0 bridgehead atoms. The number of carbonyl (C=O) groups is 1. The molecule has 0 saturated carbocycles. The lowest BCUT2D eigenvalue weighted by Gasteiger charge is -2.03. The minimum Gasteiger partial charge on any atom is -0.300 e. The molecule has 0 aliphatic carbocycles. The van der Waals surface area contributed by atoms with Crippen LogP contribution in [-0.2, 0) is 11.2 Å². The van der Waals surface area contributed by atoms with E-state index < -0.39 is 0 Å². The zero-order chi connectivity index (χ0) is 11.1. The molecule has 0 aliphatic rings. The second-order valence-corrected chi connectivity index (χ2v) is 4.29. The van der Waals surface area contributed by atoms with Crippen molar-refractivity contribution in [3.8, 4) is 0 Å². The van der Waals surface area contributed by atoms with Crippen LogP contribution in [0.5, 0.6) is 0 Å². The van der Waals surface area contributed by atoms with Gasteiger partial charge in [0.15, 0.2) is 0 Å². The van der Waals surface area contributed by atoms with Gasteiger partial charge in [-0.15, -0.1) is 0 Å². The van der Waals surface area contributed by atoms with Gasteiger partial charge in [-0.3, -0.25) is 9.78 Å². The molecule has 1 aromatic rings. The summed E-state index contributed by atoms with van der Waals surface area (Å²) in [6.07, 6.45) is 4.89. The Morgan fingerprint density at radius 2 is 2.13 bits per heavy atom. The fourth-order valence-electron chi connectivity index (χ4n) is 1.39. The van der Waals surface area contributed by atoms with Crippen molar-refractivity contribution in [3.05, 3.63) is 30.1 Å². The Labute approximate surface area is 91.7 Å². The molecule has 0 saturated heterocycles. The Hall–Kier alpha value is -1.18. The van der Waals surface area contributed by atoms with Crippen molar-refractivity contribution in [2.24, 2.45) is 5.92 Å². The molecule has 0 atom stereocenters. The van der Waals surface area contributed by atoms with Crippen LogP contribution in [0.25, 0.3) is 0 Å². The predicted molar refractivity (Wildman–Crippen MR) is 61.6 cm³/mol. The van der Waals surface area contributed by atoms with Crippen LogP contribution in [0.2, 0.25) is 0 Å². The standard InChI is InChI=1S/C13H19NO/c1-11(2)6-8-13(15)9-7-12-5-3-4-10-14-12/h3-5,10-11H,6-9H2,1-2H3. The summed E-state index contributed by atoms with van der Waals surface area (Å²) in [6.45, 7) is 4.29. The van der Waals surface area contributed by atoms with Gasteiger partial charge < -0.3 is 0 Å². The van der Waals surface area contributed by atoms with Gasteiger partial charge in [0.25, 0.3) is 0 Å². The second-order valence-electron chi connectivity index (χ2n) is 4.29. The first-order chi connectivity index (χ1) is 7.18. The van der Waals surface area contributed by atoms with Crippen LogP contribution in [0.1, 0.15) is 38.8 Å². The van der Waals surface area contributed by atoms with Crippen LogP contribution in [0, 0.1) is 5.92 Å². The third kappa shape index (κ3) is 5.31. The molecule has 15 heavy (non-hydrogen) atoms. The van der Waals surface area contributed by atoms with E-state index in [2.05, 4.69) is 18.8 Å². The molecule has 0 radical (unpaired) electrons. The minimum absolute atomic E-state index is 0.356. The van der Waals surface area contributed by atoms with Gasteiger partial charge >= 0.3 is 0 Å². The highest BCUT2D eigenvalue weighted by Gasteiger charge is 2.04.